The molecule has 0 spiro atoms. The summed E-state index contributed by atoms with van der Waals surface area (Å²) in [5.74, 6) is 0. The summed E-state index contributed by atoms with van der Waals surface area (Å²) in [6.45, 7) is 4.17. The van der Waals surface area contributed by atoms with Crippen molar-refractivity contribution >= 4 is 11.6 Å². The maximum Gasteiger partial charge on any atom is 0.197 e. The third-order valence-corrected chi connectivity index (χ3v) is 2.30. The summed E-state index contributed by atoms with van der Waals surface area (Å²) >= 11 is 5.78. The van der Waals surface area contributed by atoms with Crippen molar-refractivity contribution in [3.05, 3.63) is 23.1 Å². The Kier molecular flexibility index (Phi) is 6.43. The molecule has 0 saturated heterocycles. The van der Waals surface area contributed by atoms with Crippen LogP contribution in [0.15, 0.2) is 16.7 Å². The predicted molar refractivity (Wildman–Crippen MR) is 60.2 cm³/mol. The second kappa shape index (κ2) is 7.70. The molecule has 0 aliphatic rings. The number of rotatable bonds is 8. The van der Waals surface area contributed by atoms with E-state index in [0.29, 0.717) is 5.22 Å². The van der Waals surface area contributed by atoms with E-state index in [1.165, 1.54) is 0 Å². The molecular formula is C10H17ClN2O2. The molecule has 0 aromatic carbocycles. The smallest absolute Gasteiger partial charge is 0.197 e. The minimum atomic E-state index is 0.467. The van der Waals surface area contributed by atoms with Gasteiger partial charge < -0.3 is 19.8 Å². The maximum atomic E-state index is 5.78. The molecule has 0 amide bonds. The Morgan fingerprint density at radius 3 is 2.80 bits per heavy atom. The minimum Gasteiger partial charge on any atom is -0.453 e. The standard InChI is InChI=1S/C10H17ClN2O2/c1-14-7-5-12-3-4-13-8-9-2-6-15-10(9)11/h2,6,12-13H,3-5,7-8H2,1H3. The first kappa shape index (κ1) is 12.5. The first-order valence-electron chi connectivity index (χ1n) is 4.97. The van der Waals surface area contributed by atoms with Gasteiger partial charge in [-0.05, 0) is 17.7 Å². The predicted octanol–water partition coefficient (Wildman–Crippen LogP) is 1.26. The maximum absolute atomic E-state index is 5.78. The highest BCUT2D eigenvalue weighted by Crippen LogP contribution is 2.15. The van der Waals surface area contributed by atoms with Gasteiger partial charge in [-0.15, -0.1) is 0 Å². The second-order valence-corrected chi connectivity index (χ2v) is 3.48. The molecule has 0 bridgehead atoms. The highest BCUT2D eigenvalue weighted by atomic mass is 35.5. The number of hydrogen-bond donors (Lipinski definition) is 2. The van der Waals surface area contributed by atoms with Gasteiger partial charge >= 0.3 is 0 Å². The summed E-state index contributed by atoms with van der Waals surface area (Å²) in [5, 5.41) is 6.96. The van der Waals surface area contributed by atoms with Crippen molar-refractivity contribution in [3.8, 4) is 0 Å². The molecule has 0 radical (unpaired) electrons. The van der Waals surface area contributed by atoms with Crippen LogP contribution in [0.1, 0.15) is 5.56 Å². The fourth-order valence-corrected chi connectivity index (χ4v) is 1.33. The number of hydrogen-bond acceptors (Lipinski definition) is 4. The van der Waals surface area contributed by atoms with Crippen molar-refractivity contribution in [2.45, 2.75) is 6.54 Å². The molecule has 1 rings (SSSR count). The molecule has 0 saturated carbocycles. The highest BCUT2D eigenvalue weighted by Gasteiger charge is 2.01. The molecule has 0 unspecified atom stereocenters. The summed E-state index contributed by atoms with van der Waals surface area (Å²) in [7, 11) is 1.70. The molecule has 1 heterocycles. The summed E-state index contributed by atoms with van der Waals surface area (Å²) in [4.78, 5) is 0. The second-order valence-electron chi connectivity index (χ2n) is 3.14. The van der Waals surface area contributed by atoms with Crippen LogP contribution < -0.4 is 10.6 Å². The van der Waals surface area contributed by atoms with Gasteiger partial charge in [-0.1, -0.05) is 0 Å². The Morgan fingerprint density at radius 1 is 1.33 bits per heavy atom. The number of halogens is 1. The van der Waals surface area contributed by atoms with Gasteiger partial charge in [-0.25, -0.2) is 0 Å². The van der Waals surface area contributed by atoms with Crippen LogP contribution in [0.3, 0.4) is 0 Å². The Labute approximate surface area is 94.9 Å². The van der Waals surface area contributed by atoms with Crippen molar-refractivity contribution < 1.29 is 9.15 Å². The van der Waals surface area contributed by atoms with Gasteiger partial charge in [0, 0.05) is 38.9 Å². The Hall–Kier alpha value is -0.550. The van der Waals surface area contributed by atoms with E-state index < -0.39 is 0 Å². The first-order valence-corrected chi connectivity index (χ1v) is 5.34. The van der Waals surface area contributed by atoms with Gasteiger partial charge in [0.2, 0.25) is 0 Å². The van der Waals surface area contributed by atoms with Crippen LogP contribution in [0.5, 0.6) is 0 Å². The molecule has 86 valence electrons. The van der Waals surface area contributed by atoms with E-state index in [-0.39, 0.29) is 0 Å². The van der Waals surface area contributed by atoms with Crippen LogP contribution in [0.4, 0.5) is 0 Å². The molecule has 4 nitrogen and oxygen atoms in total. The zero-order valence-corrected chi connectivity index (χ0v) is 9.64. The van der Waals surface area contributed by atoms with Crippen LogP contribution in [0.25, 0.3) is 0 Å². The molecule has 1 aromatic heterocycles. The van der Waals surface area contributed by atoms with Crippen LogP contribution in [0.2, 0.25) is 5.22 Å². The molecule has 15 heavy (non-hydrogen) atoms. The molecule has 0 aliphatic heterocycles. The lowest BCUT2D eigenvalue weighted by atomic mass is 10.3. The Balaban J connectivity index is 1.96. The lowest BCUT2D eigenvalue weighted by molar-refractivity contribution is 0.199. The lowest BCUT2D eigenvalue weighted by Crippen LogP contribution is -2.29. The van der Waals surface area contributed by atoms with Crippen LogP contribution in [0, 0.1) is 0 Å². The summed E-state index contributed by atoms with van der Waals surface area (Å²) in [5.41, 5.74) is 0.994. The Bertz CT molecular complexity index is 266. The van der Waals surface area contributed by atoms with Crippen LogP contribution in [-0.4, -0.2) is 33.4 Å². The molecule has 0 aliphatic carbocycles. The third kappa shape index (κ3) is 5.18. The van der Waals surface area contributed by atoms with Crippen molar-refractivity contribution in [2.24, 2.45) is 0 Å². The van der Waals surface area contributed by atoms with E-state index in [2.05, 4.69) is 10.6 Å². The quantitative estimate of drug-likeness (QED) is 0.663. The normalized spacial score (nSPS) is 10.8. The monoisotopic (exact) mass is 232 g/mol. The van der Waals surface area contributed by atoms with Crippen LogP contribution >= 0.6 is 11.6 Å². The fourth-order valence-electron chi connectivity index (χ4n) is 1.14. The number of furan rings is 1. The molecule has 5 heteroatoms. The largest absolute Gasteiger partial charge is 0.453 e. The molecular weight excluding hydrogens is 216 g/mol. The van der Waals surface area contributed by atoms with Crippen molar-refractivity contribution in [1.29, 1.82) is 0 Å². The van der Waals surface area contributed by atoms with Crippen molar-refractivity contribution in [3.63, 3.8) is 0 Å². The number of ether oxygens (including phenoxy) is 1. The molecule has 0 fully saturated rings. The van der Waals surface area contributed by atoms with Crippen LogP contribution in [-0.2, 0) is 11.3 Å². The average molecular weight is 233 g/mol. The van der Waals surface area contributed by atoms with E-state index in [9.17, 15) is 0 Å². The van der Waals surface area contributed by atoms with Gasteiger partial charge in [0.15, 0.2) is 5.22 Å². The van der Waals surface area contributed by atoms with E-state index >= 15 is 0 Å². The van der Waals surface area contributed by atoms with E-state index in [4.69, 9.17) is 20.8 Å². The van der Waals surface area contributed by atoms with Gasteiger partial charge in [0.05, 0.1) is 12.9 Å². The zero-order valence-electron chi connectivity index (χ0n) is 8.88. The van der Waals surface area contributed by atoms with Gasteiger partial charge in [0.1, 0.15) is 0 Å². The highest BCUT2D eigenvalue weighted by molar-refractivity contribution is 6.29. The van der Waals surface area contributed by atoms with Crippen molar-refractivity contribution in [2.75, 3.05) is 33.4 Å². The van der Waals surface area contributed by atoms with E-state index in [1.807, 2.05) is 6.07 Å². The minimum absolute atomic E-state index is 0.467. The summed E-state index contributed by atoms with van der Waals surface area (Å²) in [6.07, 6.45) is 1.59. The number of nitrogens with one attached hydrogen (secondary N) is 2. The summed E-state index contributed by atoms with van der Waals surface area (Å²) < 4.78 is 9.88. The molecule has 0 atom stereocenters. The van der Waals surface area contributed by atoms with Gasteiger partial charge in [0.25, 0.3) is 0 Å². The summed E-state index contributed by atoms with van der Waals surface area (Å²) in [6, 6.07) is 1.87. The zero-order chi connectivity index (χ0) is 10.9. The average Bonchev–Trinajstić information content (AvgIpc) is 2.63. The SMILES string of the molecule is COCCNCCNCc1ccoc1Cl. The van der Waals surface area contributed by atoms with Gasteiger partial charge in [-0.3, -0.25) is 0 Å². The fraction of sp³-hybridized carbons (Fsp3) is 0.600. The van der Waals surface area contributed by atoms with Crippen molar-refractivity contribution in [1.82, 2.24) is 10.6 Å². The van der Waals surface area contributed by atoms with E-state index in [1.54, 1.807) is 13.4 Å². The Morgan fingerprint density at radius 2 is 2.13 bits per heavy atom. The van der Waals surface area contributed by atoms with Gasteiger partial charge in [-0.2, -0.15) is 0 Å². The van der Waals surface area contributed by atoms with E-state index in [0.717, 1.165) is 38.3 Å². The molecule has 2 N–H and O–H groups in total. The molecule has 1 aromatic rings. The lowest BCUT2D eigenvalue weighted by Gasteiger charge is -2.05. The first-order chi connectivity index (χ1) is 7.34. The topological polar surface area (TPSA) is 46.4 Å². The third-order valence-electron chi connectivity index (χ3n) is 1.97. The number of methoxy groups -OCH3 is 1.